The predicted octanol–water partition coefficient (Wildman–Crippen LogP) is 2.04. The van der Waals surface area contributed by atoms with Gasteiger partial charge in [0, 0.05) is 13.1 Å². The lowest BCUT2D eigenvalue weighted by atomic mass is 9.88. The SMILES string of the molecule is CNC(CN(C)CC1CCCCC1)(C(=O)OC)C1CC1. The summed E-state index contributed by atoms with van der Waals surface area (Å²) in [5, 5.41) is 3.28. The monoisotopic (exact) mass is 282 g/mol. The molecule has 1 N–H and O–H groups in total. The average molecular weight is 282 g/mol. The van der Waals surface area contributed by atoms with Crippen molar-refractivity contribution in [1.29, 1.82) is 0 Å². The molecule has 0 aliphatic heterocycles. The van der Waals surface area contributed by atoms with Gasteiger partial charge in [-0.1, -0.05) is 19.3 Å². The Morgan fingerprint density at radius 2 is 1.90 bits per heavy atom. The van der Waals surface area contributed by atoms with E-state index in [9.17, 15) is 4.79 Å². The van der Waals surface area contributed by atoms with Crippen molar-refractivity contribution >= 4 is 5.97 Å². The number of rotatable bonds is 7. The second kappa shape index (κ2) is 6.90. The standard InChI is InChI=1S/C16H30N2O2/c1-17-16(14-9-10-14,15(19)20-3)12-18(2)11-13-7-5-4-6-8-13/h13-14,17H,4-12H2,1-3H3. The van der Waals surface area contributed by atoms with Gasteiger partial charge in [0.1, 0.15) is 5.54 Å². The Hall–Kier alpha value is -0.610. The van der Waals surface area contributed by atoms with Gasteiger partial charge in [-0.25, -0.2) is 4.79 Å². The minimum atomic E-state index is -0.502. The van der Waals surface area contributed by atoms with Gasteiger partial charge >= 0.3 is 5.97 Å². The molecule has 116 valence electrons. The lowest BCUT2D eigenvalue weighted by Crippen LogP contribution is -2.59. The average Bonchev–Trinajstić information content (AvgIpc) is 3.30. The van der Waals surface area contributed by atoms with Crippen LogP contribution < -0.4 is 5.32 Å². The maximum atomic E-state index is 12.3. The first-order valence-corrected chi connectivity index (χ1v) is 8.08. The summed E-state index contributed by atoms with van der Waals surface area (Å²) in [4.78, 5) is 14.6. The fraction of sp³-hybridized carbons (Fsp3) is 0.938. The number of hydrogen-bond donors (Lipinski definition) is 1. The molecule has 1 unspecified atom stereocenters. The predicted molar refractivity (Wildman–Crippen MR) is 80.6 cm³/mol. The third-order valence-corrected chi connectivity index (χ3v) is 5.08. The molecule has 2 aliphatic rings. The first-order chi connectivity index (χ1) is 9.62. The zero-order chi connectivity index (χ0) is 14.6. The second-order valence-corrected chi connectivity index (χ2v) is 6.69. The molecular formula is C16H30N2O2. The molecule has 0 bridgehead atoms. The highest BCUT2D eigenvalue weighted by Crippen LogP contribution is 2.41. The Bertz CT molecular complexity index is 324. The molecule has 2 saturated carbocycles. The van der Waals surface area contributed by atoms with Crippen molar-refractivity contribution in [2.75, 3.05) is 34.3 Å². The number of carbonyl (C=O) groups excluding carboxylic acids is 1. The van der Waals surface area contributed by atoms with Crippen LogP contribution in [0.5, 0.6) is 0 Å². The Balaban J connectivity index is 1.94. The summed E-state index contributed by atoms with van der Waals surface area (Å²) in [6.07, 6.45) is 9.09. The largest absolute Gasteiger partial charge is 0.468 e. The van der Waals surface area contributed by atoms with E-state index in [0.29, 0.717) is 5.92 Å². The van der Waals surface area contributed by atoms with E-state index in [1.807, 2.05) is 7.05 Å². The first-order valence-electron chi connectivity index (χ1n) is 8.08. The Morgan fingerprint density at radius 1 is 1.25 bits per heavy atom. The van der Waals surface area contributed by atoms with Crippen molar-refractivity contribution in [2.45, 2.75) is 50.5 Å². The molecule has 4 nitrogen and oxygen atoms in total. The van der Waals surface area contributed by atoms with Crippen molar-refractivity contribution in [3.8, 4) is 0 Å². The Labute approximate surface area is 123 Å². The van der Waals surface area contributed by atoms with Crippen molar-refractivity contribution in [1.82, 2.24) is 10.2 Å². The van der Waals surface area contributed by atoms with E-state index >= 15 is 0 Å². The van der Waals surface area contributed by atoms with Gasteiger partial charge in [0.25, 0.3) is 0 Å². The highest BCUT2D eigenvalue weighted by molar-refractivity contribution is 5.82. The van der Waals surface area contributed by atoms with Gasteiger partial charge in [-0.15, -0.1) is 0 Å². The summed E-state index contributed by atoms with van der Waals surface area (Å²) < 4.78 is 5.07. The zero-order valence-electron chi connectivity index (χ0n) is 13.3. The van der Waals surface area contributed by atoms with Gasteiger partial charge in [0.15, 0.2) is 0 Å². The lowest BCUT2D eigenvalue weighted by molar-refractivity contribution is -0.150. The number of esters is 1. The Kier molecular flexibility index (Phi) is 5.44. The smallest absolute Gasteiger partial charge is 0.327 e. The fourth-order valence-corrected chi connectivity index (χ4v) is 3.80. The maximum absolute atomic E-state index is 12.3. The molecule has 0 saturated heterocycles. The number of nitrogens with zero attached hydrogens (tertiary/aromatic N) is 1. The number of hydrogen-bond acceptors (Lipinski definition) is 4. The summed E-state index contributed by atoms with van der Waals surface area (Å²) in [6, 6.07) is 0. The van der Waals surface area contributed by atoms with E-state index in [1.54, 1.807) is 0 Å². The highest BCUT2D eigenvalue weighted by atomic mass is 16.5. The van der Waals surface area contributed by atoms with Crippen molar-refractivity contribution in [3.63, 3.8) is 0 Å². The maximum Gasteiger partial charge on any atom is 0.327 e. The molecule has 0 aromatic heterocycles. The third kappa shape index (κ3) is 3.53. The summed E-state index contributed by atoms with van der Waals surface area (Å²) >= 11 is 0. The summed E-state index contributed by atoms with van der Waals surface area (Å²) in [5.41, 5.74) is -0.502. The number of methoxy groups -OCH3 is 1. The van der Waals surface area contributed by atoms with Crippen LogP contribution in [0.1, 0.15) is 44.9 Å². The van der Waals surface area contributed by atoms with Crippen LogP contribution >= 0.6 is 0 Å². The number of nitrogens with one attached hydrogen (secondary N) is 1. The first kappa shape index (κ1) is 15.8. The van der Waals surface area contributed by atoms with E-state index in [1.165, 1.54) is 39.2 Å². The van der Waals surface area contributed by atoms with E-state index < -0.39 is 5.54 Å². The fourth-order valence-electron chi connectivity index (χ4n) is 3.80. The minimum absolute atomic E-state index is 0.0991. The molecule has 2 aliphatic carbocycles. The third-order valence-electron chi connectivity index (χ3n) is 5.08. The van der Waals surface area contributed by atoms with Crippen LogP contribution in [0.3, 0.4) is 0 Å². The normalized spacial score (nSPS) is 23.6. The highest BCUT2D eigenvalue weighted by Gasteiger charge is 2.51. The summed E-state index contributed by atoms with van der Waals surface area (Å²) in [7, 11) is 5.54. The molecule has 0 aromatic carbocycles. The van der Waals surface area contributed by atoms with Crippen LogP contribution in [0.4, 0.5) is 0 Å². The molecule has 1 atom stereocenters. The van der Waals surface area contributed by atoms with Crippen LogP contribution in [0.2, 0.25) is 0 Å². The molecule has 4 heteroatoms. The lowest BCUT2D eigenvalue weighted by Gasteiger charge is -2.36. The van der Waals surface area contributed by atoms with Crippen LogP contribution in [0, 0.1) is 11.8 Å². The Morgan fingerprint density at radius 3 is 2.40 bits per heavy atom. The molecule has 0 spiro atoms. The van der Waals surface area contributed by atoms with Gasteiger partial charge in [-0.05, 0) is 51.6 Å². The molecule has 20 heavy (non-hydrogen) atoms. The van der Waals surface area contributed by atoms with Gasteiger partial charge < -0.3 is 15.0 Å². The number of carbonyl (C=O) groups is 1. The van der Waals surface area contributed by atoms with Gasteiger partial charge in [0.2, 0.25) is 0 Å². The summed E-state index contributed by atoms with van der Waals surface area (Å²) in [6.45, 7) is 1.87. The van der Waals surface area contributed by atoms with Gasteiger partial charge in [-0.3, -0.25) is 0 Å². The van der Waals surface area contributed by atoms with Crippen molar-refractivity contribution < 1.29 is 9.53 Å². The molecule has 2 fully saturated rings. The van der Waals surface area contributed by atoms with E-state index in [2.05, 4.69) is 17.3 Å². The van der Waals surface area contributed by atoms with Crippen LogP contribution in [0.15, 0.2) is 0 Å². The van der Waals surface area contributed by atoms with Crippen molar-refractivity contribution in [2.24, 2.45) is 11.8 Å². The quantitative estimate of drug-likeness (QED) is 0.726. The zero-order valence-corrected chi connectivity index (χ0v) is 13.3. The molecule has 0 radical (unpaired) electrons. The number of ether oxygens (including phenoxy) is 1. The molecule has 2 rings (SSSR count). The van der Waals surface area contributed by atoms with Gasteiger partial charge in [-0.2, -0.15) is 0 Å². The van der Waals surface area contributed by atoms with Crippen LogP contribution in [-0.2, 0) is 9.53 Å². The van der Waals surface area contributed by atoms with Crippen LogP contribution in [-0.4, -0.2) is 50.7 Å². The van der Waals surface area contributed by atoms with E-state index in [4.69, 9.17) is 4.74 Å². The number of likely N-dealkylation sites (N-methyl/N-ethyl adjacent to an activating group) is 2. The molecular weight excluding hydrogens is 252 g/mol. The van der Waals surface area contributed by atoms with Gasteiger partial charge in [0.05, 0.1) is 7.11 Å². The minimum Gasteiger partial charge on any atom is -0.468 e. The molecule has 0 heterocycles. The van der Waals surface area contributed by atoms with E-state index in [0.717, 1.165) is 31.8 Å². The van der Waals surface area contributed by atoms with Crippen LogP contribution in [0.25, 0.3) is 0 Å². The van der Waals surface area contributed by atoms with E-state index in [-0.39, 0.29) is 5.97 Å². The topological polar surface area (TPSA) is 41.6 Å². The molecule has 0 amide bonds. The van der Waals surface area contributed by atoms with Crippen molar-refractivity contribution in [3.05, 3.63) is 0 Å². The summed E-state index contributed by atoms with van der Waals surface area (Å²) in [5.74, 6) is 1.15. The molecule has 0 aromatic rings. The second-order valence-electron chi connectivity index (χ2n) is 6.69.